The normalized spacial score (nSPS) is 39.0. The van der Waals surface area contributed by atoms with Gasteiger partial charge >= 0.3 is 0 Å². The number of rotatable bonds is 0. The second-order valence-corrected chi connectivity index (χ2v) is 7.35. The summed E-state index contributed by atoms with van der Waals surface area (Å²) >= 11 is 0. The van der Waals surface area contributed by atoms with Crippen LogP contribution in [0.1, 0.15) is 56.1 Å². The van der Waals surface area contributed by atoms with E-state index >= 15 is 0 Å². The molecular weight excluding hydrogens is 248 g/mol. The first-order chi connectivity index (χ1) is 9.58. The Bertz CT molecular complexity index is 551. The third-order valence-corrected chi connectivity index (χ3v) is 6.36. The zero-order chi connectivity index (χ0) is 13.9. The van der Waals surface area contributed by atoms with Crippen LogP contribution < -0.4 is 0 Å². The molecule has 0 heterocycles. The van der Waals surface area contributed by atoms with Crippen LogP contribution in [0.5, 0.6) is 11.5 Å². The summed E-state index contributed by atoms with van der Waals surface area (Å²) < 4.78 is 0. The molecule has 0 aliphatic heterocycles. The van der Waals surface area contributed by atoms with Crippen LogP contribution in [0.4, 0.5) is 0 Å². The van der Waals surface area contributed by atoms with Gasteiger partial charge in [0.25, 0.3) is 0 Å². The Morgan fingerprint density at radius 2 is 1.90 bits per heavy atom. The highest BCUT2D eigenvalue weighted by Crippen LogP contribution is 2.60. The zero-order valence-electron chi connectivity index (χ0n) is 12.1. The average molecular weight is 271 g/mol. The van der Waals surface area contributed by atoms with Crippen molar-refractivity contribution in [1.82, 2.24) is 0 Å². The SMILES string of the molecule is C[C@@]12CCC[C@H]1[C@@H]1[CH]Cc3cc(O)c(O)cc3[C@H]1CC2. The highest BCUT2D eigenvalue weighted by atomic mass is 16.3. The maximum atomic E-state index is 9.84. The second-order valence-electron chi connectivity index (χ2n) is 7.35. The fourth-order valence-electron chi connectivity index (χ4n) is 5.30. The molecule has 2 nitrogen and oxygen atoms in total. The Morgan fingerprint density at radius 3 is 2.75 bits per heavy atom. The van der Waals surface area contributed by atoms with Crippen LogP contribution in [-0.2, 0) is 6.42 Å². The lowest BCUT2D eigenvalue weighted by Gasteiger charge is -2.49. The number of hydrogen-bond donors (Lipinski definition) is 2. The summed E-state index contributed by atoms with van der Waals surface area (Å²) in [6.07, 6.45) is 10.1. The third kappa shape index (κ3) is 1.63. The fourth-order valence-corrected chi connectivity index (χ4v) is 5.30. The van der Waals surface area contributed by atoms with Gasteiger partial charge < -0.3 is 10.2 Å². The monoisotopic (exact) mass is 271 g/mol. The highest BCUT2D eigenvalue weighted by molar-refractivity contribution is 5.49. The van der Waals surface area contributed by atoms with Crippen LogP contribution in [0.3, 0.4) is 0 Å². The first-order valence-corrected chi connectivity index (χ1v) is 7.96. The average Bonchev–Trinajstić information content (AvgIpc) is 2.82. The molecule has 0 bridgehead atoms. The van der Waals surface area contributed by atoms with Crippen molar-refractivity contribution in [2.75, 3.05) is 0 Å². The molecule has 0 unspecified atom stereocenters. The minimum Gasteiger partial charge on any atom is -0.504 e. The van der Waals surface area contributed by atoms with Gasteiger partial charge in [-0.15, -0.1) is 0 Å². The summed E-state index contributed by atoms with van der Waals surface area (Å²) in [5.74, 6) is 2.13. The molecule has 2 N–H and O–H groups in total. The lowest BCUT2D eigenvalue weighted by molar-refractivity contribution is 0.0823. The molecule has 2 saturated carbocycles. The lowest BCUT2D eigenvalue weighted by atomic mass is 9.56. The van der Waals surface area contributed by atoms with Gasteiger partial charge in [0, 0.05) is 0 Å². The number of aromatic hydroxyl groups is 2. The molecule has 1 aromatic rings. The largest absolute Gasteiger partial charge is 0.504 e. The van der Waals surface area contributed by atoms with Gasteiger partial charge in [-0.25, -0.2) is 0 Å². The molecule has 20 heavy (non-hydrogen) atoms. The van der Waals surface area contributed by atoms with Crippen LogP contribution in [0.25, 0.3) is 0 Å². The molecule has 1 radical (unpaired) electrons. The first kappa shape index (κ1) is 12.6. The molecular formula is C18H23O2. The van der Waals surface area contributed by atoms with Crippen molar-refractivity contribution in [1.29, 1.82) is 0 Å². The van der Waals surface area contributed by atoms with Crippen molar-refractivity contribution in [2.24, 2.45) is 17.3 Å². The predicted octanol–water partition coefficient (Wildman–Crippen LogP) is 4.16. The summed E-state index contributed by atoms with van der Waals surface area (Å²) in [5, 5.41) is 19.5. The Hall–Kier alpha value is -1.18. The molecule has 2 fully saturated rings. The van der Waals surface area contributed by atoms with E-state index in [4.69, 9.17) is 0 Å². The summed E-state index contributed by atoms with van der Waals surface area (Å²) in [7, 11) is 0. The Morgan fingerprint density at radius 1 is 1.10 bits per heavy atom. The summed E-state index contributed by atoms with van der Waals surface area (Å²) in [4.78, 5) is 0. The number of phenols is 2. The van der Waals surface area contributed by atoms with Crippen LogP contribution in [-0.4, -0.2) is 10.2 Å². The molecule has 0 amide bonds. The fraction of sp³-hybridized carbons (Fsp3) is 0.611. The van der Waals surface area contributed by atoms with Crippen molar-refractivity contribution < 1.29 is 10.2 Å². The summed E-state index contributed by atoms with van der Waals surface area (Å²) in [6, 6.07) is 3.59. The van der Waals surface area contributed by atoms with Crippen molar-refractivity contribution in [3.63, 3.8) is 0 Å². The quantitative estimate of drug-likeness (QED) is 0.696. The maximum absolute atomic E-state index is 9.84. The molecule has 107 valence electrons. The Balaban J connectivity index is 1.74. The number of phenolic OH excluding ortho intramolecular Hbond substituents is 2. The van der Waals surface area contributed by atoms with Gasteiger partial charge in [0.2, 0.25) is 0 Å². The van der Waals surface area contributed by atoms with E-state index in [2.05, 4.69) is 13.3 Å². The minimum absolute atomic E-state index is 0.0251. The van der Waals surface area contributed by atoms with Gasteiger partial charge in [-0.05, 0) is 85.0 Å². The molecule has 0 aromatic heterocycles. The molecule has 2 heteroatoms. The molecule has 4 atom stereocenters. The molecule has 0 saturated heterocycles. The number of hydrogen-bond acceptors (Lipinski definition) is 2. The van der Waals surface area contributed by atoms with E-state index in [-0.39, 0.29) is 11.5 Å². The van der Waals surface area contributed by atoms with E-state index in [1.165, 1.54) is 43.2 Å². The highest BCUT2D eigenvalue weighted by Gasteiger charge is 2.50. The predicted molar refractivity (Wildman–Crippen MR) is 78.7 cm³/mol. The van der Waals surface area contributed by atoms with Gasteiger partial charge in [-0.3, -0.25) is 0 Å². The van der Waals surface area contributed by atoms with Crippen molar-refractivity contribution in [2.45, 2.75) is 51.4 Å². The second kappa shape index (κ2) is 4.16. The van der Waals surface area contributed by atoms with Gasteiger partial charge in [0.05, 0.1) is 0 Å². The van der Waals surface area contributed by atoms with Gasteiger partial charge in [-0.1, -0.05) is 13.3 Å². The van der Waals surface area contributed by atoms with Gasteiger partial charge in [0.1, 0.15) is 0 Å². The standard InChI is InChI=1S/C18H23O2/c1-18-7-2-3-15(18)13-5-4-11-9-16(19)17(20)10-14(11)12(13)6-8-18/h5,9-10,12-13,15,19-20H,2-4,6-8H2,1H3/t12-,13+,15-,18-/m0/s1. The summed E-state index contributed by atoms with van der Waals surface area (Å²) in [5.41, 5.74) is 3.05. The summed E-state index contributed by atoms with van der Waals surface area (Å²) in [6.45, 7) is 2.48. The van der Waals surface area contributed by atoms with E-state index < -0.39 is 0 Å². The first-order valence-electron chi connectivity index (χ1n) is 7.96. The molecule has 3 aliphatic carbocycles. The topological polar surface area (TPSA) is 40.5 Å². The van der Waals surface area contributed by atoms with E-state index in [1.807, 2.05) is 6.07 Å². The smallest absolute Gasteiger partial charge is 0.157 e. The zero-order valence-corrected chi connectivity index (χ0v) is 12.1. The van der Waals surface area contributed by atoms with E-state index in [0.717, 1.165) is 12.3 Å². The van der Waals surface area contributed by atoms with E-state index in [0.29, 0.717) is 17.3 Å². The van der Waals surface area contributed by atoms with Crippen LogP contribution in [0.15, 0.2) is 12.1 Å². The number of benzene rings is 1. The number of fused-ring (bicyclic) bond motifs is 5. The van der Waals surface area contributed by atoms with Gasteiger partial charge in [-0.2, -0.15) is 0 Å². The maximum Gasteiger partial charge on any atom is 0.157 e. The Kier molecular flexibility index (Phi) is 2.61. The molecule has 0 spiro atoms. The third-order valence-electron chi connectivity index (χ3n) is 6.36. The van der Waals surface area contributed by atoms with Crippen molar-refractivity contribution in [3.8, 4) is 11.5 Å². The van der Waals surface area contributed by atoms with E-state index in [1.54, 1.807) is 6.07 Å². The van der Waals surface area contributed by atoms with Crippen molar-refractivity contribution >= 4 is 0 Å². The molecule has 4 rings (SSSR count). The minimum atomic E-state index is 0.0251. The van der Waals surface area contributed by atoms with Gasteiger partial charge in [0.15, 0.2) is 11.5 Å². The molecule has 1 aromatic carbocycles. The lowest BCUT2D eigenvalue weighted by Crippen LogP contribution is -2.39. The van der Waals surface area contributed by atoms with Crippen LogP contribution in [0, 0.1) is 23.7 Å². The van der Waals surface area contributed by atoms with E-state index in [9.17, 15) is 10.2 Å². The van der Waals surface area contributed by atoms with Crippen LogP contribution in [0.2, 0.25) is 0 Å². The van der Waals surface area contributed by atoms with Crippen LogP contribution >= 0.6 is 0 Å². The van der Waals surface area contributed by atoms with Crippen molar-refractivity contribution in [3.05, 3.63) is 29.7 Å². The molecule has 3 aliphatic rings. The Labute approximate surface area is 120 Å².